The summed E-state index contributed by atoms with van der Waals surface area (Å²) in [5.74, 6) is -0.364. The van der Waals surface area contributed by atoms with Crippen LogP contribution in [0, 0.1) is 20.8 Å². The quantitative estimate of drug-likeness (QED) is 0.385. The molecule has 0 bridgehead atoms. The Morgan fingerprint density at radius 1 is 1.17 bits per heavy atom. The van der Waals surface area contributed by atoms with E-state index in [4.69, 9.17) is 13.9 Å². The minimum absolute atomic E-state index is 0.253. The maximum absolute atomic E-state index is 12.9. The Hall–Kier alpha value is -3.35. The van der Waals surface area contributed by atoms with Gasteiger partial charge < -0.3 is 18.9 Å². The zero-order chi connectivity index (χ0) is 21.3. The van der Waals surface area contributed by atoms with Crippen molar-refractivity contribution in [2.45, 2.75) is 40.7 Å². The molecule has 0 radical (unpaired) electrons. The van der Waals surface area contributed by atoms with Gasteiger partial charge in [-0.15, -0.1) is 0 Å². The van der Waals surface area contributed by atoms with Crippen LogP contribution in [0.4, 0.5) is 0 Å². The fourth-order valence-electron chi connectivity index (χ4n) is 3.35. The highest BCUT2D eigenvalue weighted by Gasteiger charge is 2.26. The van der Waals surface area contributed by atoms with Gasteiger partial charge in [0.25, 0.3) is 0 Å². The summed E-state index contributed by atoms with van der Waals surface area (Å²) in [5.41, 5.74) is 2.52. The summed E-state index contributed by atoms with van der Waals surface area (Å²) in [4.78, 5) is 39.6. The number of Topliss-reactive ketones (excluding diaryl/α,β-unsaturated/α-hetero) is 1. The largest absolute Gasteiger partial charge is 0.482 e. The summed E-state index contributed by atoms with van der Waals surface area (Å²) >= 11 is 0. The number of aromatic nitrogens is 1. The fourth-order valence-corrected chi connectivity index (χ4v) is 3.35. The van der Waals surface area contributed by atoms with Gasteiger partial charge in [0.1, 0.15) is 11.3 Å². The molecule has 0 saturated heterocycles. The molecular weight excluding hydrogens is 374 g/mol. The number of ketones is 1. The molecule has 0 saturated carbocycles. The van der Waals surface area contributed by atoms with Gasteiger partial charge in [0.15, 0.2) is 6.10 Å². The molecule has 29 heavy (non-hydrogen) atoms. The van der Waals surface area contributed by atoms with Gasteiger partial charge >= 0.3 is 11.6 Å². The van der Waals surface area contributed by atoms with E-state index < -0.39 is 17.7 Å². The molecule has 7 heteroatoms. The summed E-state index contributed by atoms with van der Waals surface area (Å²) < 4.78 is 16.1. The number of fused-ring (bicyclic) bond motifs is 1. The monoisotopic (exact) mass is 397 g/mol. The molecule has 2 aromatic heterocycles. The van der Waals surface area contributed by atoms with Crippen molar-refractivity contribution in [2.24, 2.45) is 0 Å². The Morgan fingerprint density at radius 2 is 1.90 bits per heavy atom. The van der Waals surface area contributed by atoms with Crippen molar-refractivity contribution < 1.29 is 23.5 Å². The molecule has 1 aromatic carbocycles. The lowest BCUT2D eigenvalue weighted by atomic mass is 10.1. The van der Waals surface area contributed by atoms with Gasteiger partial charge in [-0.05, 0) is 57.9 Å². The van der Waals surface area contributed by atoms with Crippen molar-refractivity contribution >= 4 is 22.7 Å². The molecule has 152 valence electrons. The highest BCUT2D eigenvalue weighted by molar-refractivity contribution is 6.03. The van der Waals surface area contributed by atoms with Gasteiger partial charge in [-0.3, -0.25) is 4.79 Å². The van der Waals surface area contributed by atoms with Crippen molar-refractivity contribution in [3.63, 3.8) is 0 Å². The predicted molar refractivity (Wildman–Crippen MR) is 108 cm³/mol. The number of H-pyrrole nitrogens is 1. The molecule has 0 amide bonds. The van der Waals surface area contributed by atoms with Crippen molar-refractivity contribution in [3.8, 4) is 5.75 Å². The number of hydrogen-bond donors (Lipinski definition) is 1. The second-order valence-electron chi connectivity index (χ2n) is 6.88. The summed E-state index contributed by atoms with van der Waals surface area (Å²) in [6, 6.07) is 6.51. The van der Waals surface area contributed by atoms with Crippen molar-refractivity contribution in [1.82, 2.24) is 4.98 Å². The van der Waals surface area contributed by atoms with Crippen LogP contribution in [0.1, 0.15) is 51.5 Å². The lowest BCUT2D eigenvalue weighted by Crippen LogP contribution is -2.25. The minimum Gasteiger partial charge on any atom is -0.482 e. The molecule has 0 fully saturated rings. The normalized spacial score (nSPS) is 12.0. The highest BCUT2D eigenvalue weighted by atomic mass is 16.5. The number of carbonyl (C=O) groups is 2. The third-order valence-corrected chi connectivity index (χ3v) is 4.77. The molecular formula is C22H23NO6. The van der Waals surface area contributed by atoms with Crippen molar-refractivity contribution in [1.29, 1.82) is 0 Å². The Bertz CT molecular complexity index is 1150. The fraction of sp³-hybridized carbons (Fsp3) is 0.318. The average molecular weight is 397 g/mol. The Morgan fingerprint density at radius 3 is 2.59 bits per heavy atom. The van der Waals surface area contributed by atoms with E-state index in [2.05, 4.69) is 4.98 Å². The summed E-state index contributed by atoms with van der Waals surface area (Å²) in [6.45, 7) is 8.84. The van der Waals surface area contributed by atoms with E-state index >= 15 is 0 Å². The lowest BCUT2D eigenvalue weighted by molar-refractivity contribution is 0.0525. The standard InChI is InChI=1S/C22H23NO6/c1-6-27-22(26)19-12(3)20(23-13(19)4)21(25)14(5)28-15-7-8-16-11(2)9-18(24)29-17(16)10-15/h7-10,14,23H,6H2,1-5H3/t14-/m0/s1. The zero-order valence-electron chi connectivity index (χ0n) is 17.0. The van der Waals surface area contributed by atoms with Crippen LogP contribution in [0.3, 0.4) is 0 Å². The first-order valence-corrected chi connectivity index (χ1v) is 9.34. The van der Waals surface area contributed by atoms with Gasteiger partial charge in [-0.25, -0.2) is 9.59 Å². The van der Waals surface area contributed by atoms with Gasteiger partial charge in [-0.2, -0.15) is 0 Å². The number of carbonyl (C=O) groups excluding carboxylic acids is 2. The number of benzene rings is 1. The Labute approximate surface area is 167 Å². The van der Waals surface area contributed by atoms with E-state index in [-0.39, 0.29) is 12.4 Å². The third kappa shape index (κ3) is 3.94. The summed E-state index contributed by atoms with van der Waals surface area (Å²) in [6.07, 6.45) is -0.823. The topological polar surface area (TPSA) is 98.6 Å². The maximum atomic E-state index is 12.9. The van der Waals surface area contributed by atoms with Crippen molar-refractivity contribution in [2.75, 3.05) is 6.61 Å². The molecule has 7 nitrogen and oxygen atoms in total. The molecule has 0 spiro atoms. The number of esters is 1. The molecule has 2 heterocycles. The molecule has 3 aromatic rings. The summed E-state index contributed by atoms with van der Waals surface area (Å²) in [7, 11) is 0. The average Bonchev–Trinajstić information content (AvgIpc) is 2.95. The molecule has 0 unspecified atom stereocenters. The van der Waals surface area contributed by atoms with Gasteiger partial charge in [0, 0.05) is 23.2 Å². The first-order valence-electron chi connectivity index (χ1n) is 9.34. The number of hydrogen-bond acceptors (Lipinski definition) is 6. The van der Waals surface area contributed by atoms with Gasteiger partial charge in [0.2, 0.25) is 5.78 Å². The van der Waals surface area contributed by atoms with Crippen LogP contribution >= 0.6 is 0 Å². The lowest BCUT2D eigenvalue weighted by Gasteiger charge is -2.14. The first-order chi connectivity index (χ1) is 13.7. The molecule has 0 aliphatic rings. The Kier molecular flexibility index (Phi) is 5.59. The number of ether oxygens (including phenoxy) is 2. The van der Waals surface area contributed by atoms with Crippen LogP contribution in [0.15, 0.2) is 33.5 Å². The number of rotatable bonds is 6. The van der Waals surface area contributed by atoms with Crippen LogP contribution in [0.25, 0.3) is 11.0 Å². The van der Waals surface area contributed by atoms with E-state index in [1.54, 1.807) is 45.9 Å². The second kappa shape index (κ2) is 7.95. The minimum atomic E-state index is -0.823. The maximum Gasteiger partial charge on any atom is 0.340 e. The SMILES string of the molecule is CCOC(=O)c1c(C)[nH]c(C(=O)[C@H](C)Oc2ccc3c(C)cc(=O)oc3c2)c1C. The molecule has 1 N–H and O–H groups in total. The van der Waals surface area contributed by atoms with Crippen LogP contribution in [0.2, 0.25) is 0 Å². The predicted octanol–water partition coefficient (Wildman–Crippen LogP) is 3.87. The van der Waals surface area contributed by atoms with Crippen LogP contribution in [-0.4, -0.2) is 29.4 Å². The smallest absolute Gasteiger partial charge is 0.340 e. The van der Waals surface area contributed by atoms with Crippen LogP contribution in [-0.2, 0) is 4.74 Å². The van der Waals surface area contributed by atoms with Crippen LogP contribution < -0.4 is 10.4 Å². The van der Waals surface area contributed by atoms with E-state index in [1.165, 1.54) is 6.07 Å². The van der Waals surface area contributed by atoms with E-state index in [9.17, 15) is 14.4 Å². The first kappa shape index (κ1) is 20.4. The molecule has 1 atom stereocenters. The Balaban J connectivity index is 1.86. The number of aryl methyl sites for hydroxylation is 2. The third-order valence-electron chi connectivity index (χ3n) is 4.77. The highest BCUT2D eigenvalue weighted by Crippen LogP contribution is 2.25. The van der Waals surface area contributed by atoms with E-state index in [0.717, 1.165) is 10.9 Å². The van der Waals surface area contributed by atoms with E-state index in [1.807, 2.05) is 6.92 Å². The molecule has 0 aliphatic heterocycles. The molecule has 0 aliphatic carbocycles. The summed E-state index contributed by atoms with van der Waals surface area (Å²) in [5, 5.41) is 0.797. The van der Waals surface area contributed by atoms with Crippen molar-refractivity contribution in [3.05, 3.63) is 62.8 Å². The number of aromatic amines is 1. The van der Waals surface area contributed by atoms with Gasteiger partial charge in [0.05, 0.1) is 17.9 Å². The zero-order valence-corrected chi connectivity index (χ0v) is 17.0. The number of nitrogens with one attached hydrogen (secondary N) is 1. The molecule has 3 rings (SSSR count). The van der Waals surface area contributed by atoms with E-state index in [0.29, 0.717) is 33.8 Å². The van der Waals surface area contributed by atoms with Crippen LogP contribution in [0.5, 0.6) is 5.75 Å². The second-order valence-corrected chi connectivity index (χ2v) is 6.88. The van der Waals surface area contributed by atoms with Gasteiger partial charge in [-0.1, -0.05) is 0 Å².